The Morgan fingerprint density at radius 1 is 1.60 bits per heavy atom. The monoisotopic (exact) mass is 227 g/mol. The van der Waals surface area contributed by atoms with Crippen LogP contribution in [0.2, 0.25) is 0 Å². The minimum Gasteiger partial charge on any atom is -0.378 e. The van der Waals surface area contributed by atoms with Crippen LogP contribution in [0.25, 0.3) is 0 Å². The Bertz CT molecular complexity index is 315. The molecule has 1 saturated heterocycles. The van der Waals surface area contributed by atoms with Crippen LogP contribution in [0.5, 0.6) is 0 Å². The van der Waals surface area contributed by atoms with E-state index in [1.165, 1.54) is 11.5 Å². The molecule has 84 valence electrons. The molecule has 0 spiro atoms. The van der Waals surface area contributed by atoms with E-state index in [4.69, 9.17) is 4.74 Å². The Morgan fingerprint density at radius 3 is 3.13 bits per heavy atom. The Hall–Kier alpha value is -0.680. The highest BCUT2D eigenvalue weighted by molar-refractivity contribution is 7.09. The number of ether oxygens (including phenoxy) is 1. The first-order chi connectivity index (χ1) is 7.29. The summed E-state index contributed by atoms with van der Waals surface area (Å²) in [6.45, 7) is 5.94. The third kappa shape index (κ3) is 2.66. The maximum Gasteiger partial charge on any atom is 0.202 e. The van der Waals surface area contributed by atoms with Gasteiger partial charge in [0.2, 0.25) is 5.13 Å². The molecule has 0 radical (unpaired) electrons. The smallest absolute Gasteiger partial charge is 0.202 e. The van der Waals surface area contributed by atoms with Gasteiger partial charge in [0.25, 0.3) is 0 Å². The number of hydrogen-bond donors (Lipinski definition) is 1. The van der Waals surface area contributed by atoms with Gasteiger partial charge in [-0.25, -0.2) is 4.98 Å². The summed E-state index contributed by atoms with van der Waals surface area (Å²) in [5, 5.41) is 4.26. The number of anilines is 1. The van der Waals surface area contributed by atoms with Gasteiger partial charge in [-0.1, -0.05) is 6.92 Å². The van der Waals surface area contributed by atoms with Crippen molar-refractivity contribution >= 4 is 16.7 Å². The van der Waals surface area contributed by atoms with Crippen LogP contribution < -0.4 is 5.32 Å². The second-order valence-corrected chi connectivity index (χ2v) is 4.65. The van der Waals surface area contributed by atoms with Crippen molar-refractivity contribution in [3.63, 3.8) is 0 Å². The lowest BCUT2D eigenvalue weighted by Crippen LogP contribution is -2.22. The van der Waals surface area contributed by atoms with Gasteiger partial charge >= 0.3 is 0 Å². The van der Waals surface area contributed by atoms with Crippen molar-refractivity contribution in [1.82, 2.24) is 9.36 Å². The van der Waals surface area contributed by atoms with E-state index < -0.39 is 0 Å². The third-order valence-corrected chi connectivity index (χ3v) is 3.56. The average molecular weight is 227 g/mol. The van der Waals surface area contributed by atoms with Crippen LogP contribution in [0.4, 0.5) is 5.13 Å². The highest BCUT2D eigenvalue weighted by atomic mass is 32.1. The molecule has 1 aromatic heterocycles. The number of rotatable bonds is 4. The van der Waals surface area contributed by atoms with Crippen molar-refractivity contribution in [2.75, 3.05) is 18.5 Å². The summed E-state index contributed by atoms with van der Waals surface area (Å²) in [5.41, 5.74) is 0. The van der Waals surface area contributed by atoms with Gasteiger partial charge in [-0.15, -0.1) is 0 Å². The number of nitrogens with one attached hydrogen (secondary N) is 1. The highest BCUT2D eigenvalue weighted by Gasteiger charge is 2.26. The molecule has 2 atom stereocenters. The zero-order valence-electron chi connectivity index (χ0n) is 9.19. The van der Waals surface area contributed by atoms with Crippen LogP contribution in [0.15, 0.2) is 0 Å². The molecule has 0 aromatic carbocycles. The number of nitrogens with zero attached hydrogens (tertiary/aromatic N) is 2. The van der Waals surface area contributed by atoms with Crippen LogP contribution in [0.3, 0.4) is 0 Å². The topological polar surface area (TPSA) is 47.0 Å². The molecule has 2 rings (SSSR count). The molecular formula is C10H17N3OS. The molecule has 0 aliphatic carbocycles. The summed E-state index contributed by atoms with van der Waals surface area (Å²) in [5.74, 6) is 1.47. The van der Waals surface area contributed by atoms with E-state index >= 15 is 0 Å². The summed E-state index contributed by atoms with van der Waals surface area (Å²) in [6, 6.07) is 0. The molecule has 1 aromatic rings. The van der Waals surface area contributed by atoms with Gasteiger partial charge in [-0.2, -0.15) is 4.37 Å². The van der Waals surface area contributed by atoms with E-state index in [2.05, 4.69) is 21.6 Å². The lowest BCUT2D eigenvalue weighted by atomic mass is 10.00. The van der Waals surface area contributed by atoms with Gasteiger partial charge in [0, 0.05) is 30.6 Å². The van der Waals surface area contributed by atoms with E-state index in [0.29, 0.717) is 12.0 Å². The fourth-order valence-electron chi connectivity index (χ4n) is 1.96. The molecule has 0 saturated carbocycles. The maximum absolute atomic E-state index is 5.64. The van der Waals surface area contributed by atoms with Crippen molar-refractivity contribution in [3.8, 4) is 0 Å². The zero-order chi connectivity index (χ0) is 10.7. The first-order valence-electron chi connectivity index (χ1n) is 5.45. The van der Waals surface area contributed by atoms with Crippen molar-refractivity contribution in [2.45, 2.75) is 32.8 Å². The van der Waals surface area contributed by atoms with Crippen molar-refractivity contribution in [2.24, 2.45) is 5.92 Å². The molecule has 4 nitrogen and oxygen atoms in total. The van der Waals surface area contributed by atoms with Crippen molar-refractivity contribution in [3.05, 3.63) is 5.82 Å². The van der Waals surface area contributed by atoms with E-state index in [9.17, 15) is 0 Å². The van der Waals surface area contributed by atoms with Gasteiger partial charge in [-0.3, -0.25) is 0 Å². The van der Waals surface area contributed by atoms with Crippen LogP contribution in [0, 0.1) is 12.8 Å². The molecule has 2 heterocycles. The van der Waals surface area contributed by atoms with E-state index in [1.54, 1.807) is 0 Å². The predicted octanol–water partition coefficient (Wildman–Crippen LogP) is 2.07. The second-order valence-electron chi connectivity index (χ2n) is 3.89. The number of aryl methyl sites for hydroxylation is 1. The summed E-state index contributed by atoms with van der Waals surface area (Å²) in [7, 11) is 0. The molecule has 1 aliphatic heterocycles. The molecule has 0 bridgehead atoms. The fraction of sp³-hybridized carbons (Fsp3) is 0.800. The van der Waals surface area contributed by atoms with Gasteiger partial charge in [0.15, 0.2) is 0 Å². The Labute approximate surface area is 94.2 Å². The molecule has 1 aliphatic rings. The molecule has 15 heavy (non-hydrogen) atoms. The molecule has 1 N–H and O–H groups in total. The Morgan fingerprint density at radius 2 is 2.47 bits per heavy atom. The predicted molar refractivity (Wildman–Crippen MR) is 61.3 cm³/mol. The first kappa shape index (κ1) is 10.8. The van der Waals surface area contributed by atoms with Crippen molar-refractivity contribution in [1.29, 1.82) is 0 Å². The van der Waals surface area contributed by atoms with Gasteiger partial charge in [0.05, 0.1) is 6.10 Å². The summed E-state index contributed by atoms with van der Waals surface area (Å²) >= 11 is 1.43. The SMILES string of the molecule is CCC1OCCC1CNc1nc(C)ns1. The molecule has 2 unspecified atom stereocenters. The minimum atomic E-state index is 0.423. The van der Waals surface area contributed by atoms with Crippen LogP contribution >= 0.6 is 11.5 Å². The lowest BCUT2D eigenvalue weighted by molar-refractivity contribution is 0.0900. The zero-order valence-corrected chi connectivity index (χ0v) is 10.0. The van der Waals surface area contributed by atoms with Gasteiger partial charge in [-0.05, 0) is 19.8 Å². The normalized spacial score (nSPS) is 25.7. The van der Waals surface area contributed by atoms with Crippen LogP contribution in [0.1, 0.15) is 25.6 Å². The van der Waals surface area contributed by atoms with Gasteiger partial charge in [0.1, 0.15) is 5.82 Å². The van der Waals surface area contributed by atoms with Crippen LogP contribution in [-0.2, 0) is 4.74 Å². The molecule has 0 amide bonds. The summed E-state index contributed by atoms with van der Waals surface area (Å²) in [4.78, 5) is 4.28. The average Bonchev–Trinajstić information content (AvgIpc) is 2.83. The molecule has 1 fully saturated rings. The maximum atomic E-state index is 5.64. The van der Waals surface area contributed by atoms with E-state index in [-0.39, 0.29) is 0 Å². The second kappa shape index (κ2) is 4.90. The summed E-state index contributed by atoms with van der Waals surface area (Å²) in [6.07, 6.45) is 2.68. The Balaban J connectivity index is 1.82. The number of hydrogen-bond acceptors (Lipinski definition) is 5. The summed E-state index contributed by atoms with van der Waals surface area (Å²) < 4.78 is 9.77. The standard InChI is InChI=1S/C10H17N3OS/c1-3-9-8(4-5-14-9)6-11-10-12-7(2)13-15-10/h8-9H,3-6H2,1-2H3,(H,11,12,13). The quantitative estimate of drug-likeness (QED) is 0.855. The van der Waals surface area contributed by atoms with Gasteiger partial charge < -0.3 is 10.1 Å². The molecule has 5 heteroatoms. The molecular weight excluding hydrogens is 210 g/mol. The van der Waals surface area contributed by atoms with Crippen LogP contribution in [-0.4, -0.2) is 28.6 Å². The number of aromatic nitrogens is 2. The minimum absolute atomic E-state index is 0.423. The lowest BCUT2D eigenvalue weighted by Gasteiger charge is -2.16. The first-order valence-corrected chi connectivity index (χ1v) is 6.22. The largest absolute Gasteiger partial charge is 0.378 e. The highest BCUT2D eigenvalue weighted by Crippen LogP contribution is 2.24. The van der Waals surface area contributed by atoms with E-state index in [0.717, 1.165) is 36.9 Å². The Kier molecular flexibility index (Phi) is 3.53. The fourth-order valence-corrected chi connectivity index (χ4v) is 2.54. The van der Waals surface area contributed by atoms with E-state index in [1.807, 2.05) is 6.92 Å². The van der Waals surface area contributed by atoms with Crippen molar-refractivity contribution < 1.29 is 4.74 Å². The third-order valence-electron chi connectivity index (χ3n) is 2.79.